The Hall–Kier alpha value is -2.76. The molecule has 1 aliphatic heterocycles. The molecular weight excluding hydrogens is 314 g/mol. The summed E-state index contributed by atoms with van der Waals surface area (Å²) in [5.41, 5.74) is 2.34. The molecule has 6 heteroatoms. The molecule has 0 radical (unpaired) electrons. The minimum atomic E-state index is -0.678. The SMILES string of the molecule is CN(Cc1ccc(F)cc1F)C(=O)c1ccc2c(c1)CCC(=O)N2. The third-order valence-corrected chi connectivity index (χ3v) is 4.02. The van der Waals surface area contributed by atoms with Gasteiger partial charge in [0, 0.05) is 42.9 Å². The van der Waals surface area contributed by atoms with Crippen LogP contribution < -0.4 is 5.32 Å². The van der Waals surface area contributed by atoms with E-state index in [1.54, 1.807) is 25.2 Å². The van der Waals surface area contributed by atoms with Gasteiger partial charge in [0.05, 0.1) is 0 Å². The molecule has 2 amide bonds. The molecule has 0 saturated heterocycles. The number of rotatable bonds is 3. The van der Waals surface area contributed by atoms with Crippen LogP contribution in [0.5, 0.6) is 0 Å². The number of carbonyl (C=O) groups is 2. The van der Waals surface area contributed by atoms with Crippen LogP contribution >= 0.6 is 0 Å². The van der Waals surface area contributed by atoms with Crippen LogP contribution in [0.3, 0.4) is 0 Å². The summed E-state index contributed by atoms with van der Waals surface area (Å²) < 4.78 is 26.7. The maximum atomic E-state index is 13.7. The van der Waals surface area contributed by atoms with Crippen LogP contribution in [0.2, 0.25) is 0 Å². The molecule has 2 aromatic carbocycles. The number of aryl methyl sites for hydroxylation is 1. The first-order valence-corrected chi connectivity index (χ1v) is 7.56. The molecule has 0 aromatic heterocycles. The molecule has 1 heterocycles. The van der Waals surface area contributed by atoms with Crippen molar-refractivity contribution in [3.63, 3.8) is 0 Å². The third kappa shape index (κ3) is 3.27. The van der Waals surface area contributed by atoms with E-state index in [0.29, 0.717) is 18.4 Å². The number of nitrogens with zero attached hydrogens (tertiary/aromatic N) is 1. The molecule has 24 heavy (non-hydrogen) atoms. The molecule has 2 aromatic rings. The minimum absolute atomic E-state index is 0.0366. The van der Waals surface area contributed by atoms with E-state index in [2.05, 4.69) is 5.32 Å². The molecule has 0 fully saturated rings. The van der Waals surface area contributed by atoms with E-state index < -0.39 is 11.6 Å². The molecule has 0 bridgehead atoms. The molecule has 0 unspecified atom stereocenters. The summed E-state index contributed by atoms with van der Waals surface area (Å²) in [4.78, 5) is 25.3. The Morgan fingerprint density at radius 1 is 1.17 bits per heavy atom. The average molecular weight is 330 g/mol. The van der Waals surface area contributed by atoms with Crippen molar-refractivity contribution in [1.29, 1.82) is 0 Å². The van der Waals surface area contributed by atoms with E-state index in [-0.39, 0.29) is 23.9 Å². The van der Waals surface area contributed by atoms with Gasteiger partial charge in [-0.15, -0.1) is 0 Å². The molecule has 3 rings (SSSR count). The Bertz CT molecular complexity index is 821. The monoisotopic (exact) mass is 330 g/mol. The van der Waals surface area contributed by atoms with Gasteiger partial charge in [0.25, 0.3) is 5.91 Å². The standard InChI is InChI=1S/C18H16F2N2O2/c1-22(10-13-2-5-14(19)9-15(13)20)18(24)12-3-6-16-11(8-12)4-7-17(23)21-16/h2-3,5-6,8-9H,4,7,10H2,1H3,(H,21,23). The van der Waals surface area contributed by atoms with Gasteiger partial charge in [-0.05, 0) is 36.2 Å². The number of benzene rings is 2. The van der Waals surface area contributed by atoms with Gasteiger partial charge in [-0.25, -0.2) is 8.78 Å². The van der Waals surface area contributed by atoms with Crippen molar-refractivity contribution in [1.82, 2.24) is 4.90 Å². The number of nitrogens with one attached hydrogen (secondary N) is 1. The Balaban J connectivity index is 1.77. The normalized spacial score (nSPS) is 13.2. The maximum absolute atomic E-state index is 13.7. The number of carbonyl (C=O) groups excluding carboxylic acids is 2. The third-order valence-electron chi connectivity index (χ3n) is 4.02. The lowest BCUT2D eigenvalue weighted by atomic mass is 10.00. The van der Waals surface area contributed by atoms with Gasteiger partial charge < -0.3 is 10.2 Å². The van der Waals surface area contributed by atoms with E-state index in [1.165, 1.54) is 11.0 Å². The van der Waals surface area contributed by atoms with E-state index >= 15 is 0 Å². The Morgan fingerprint density at radius 3 is 2.71 bits per heavy atom. The molecule has 1 aliphatic rings. The number of anilines is 1. The Morgan fingerprint density at radius 2 is 1.96 bits per heavy atom. The van der Waals surface area contributed by atoms with Gasteiger partial charge in [-0.1, -0.05) is 6.07 Å². The second kappa shape index (κ2) is 6.39. The fourth-order valence-electron chi connectivity index (χ4n) is 2.71. The number of hydrogen-bond acceptors (Lipinski definition) is 2. The van der Waals surface area contributed by atoms with Crippen molar-refractivity contribution < 1.29 is 18.4 Å². The lowest BCUT2D eigenvalue weighted by Crippen LogP contribution is -2.27. The molecule has 4 nitrogen and oxygen atoms in total. The van der Waals surface area contributed by atoms with Crippen molar-refractivity contribution in [3.05, 3.63) is 64.7 Å². The molecular formula is C18H16F2N2O2. The van der Waals surface area contributed by atoms with Crippen LogP contribution in [0.15, 0.2) is 36.4 Å². The van der Waals surface area contributed by atoms with E-state index in [9.17, 15) is 18.4 Å². The molecule has 1 N–H and O–H groups in total. The zero-order valence-corrected chi connectivity index (χ0v) is 13.1. The van der Waals surface area contributed by atoms with Gasteiger partial charge in [-0.3, -0.25) is 9.59 Å². The van der Waals surface area contributed by atoms with Crippen molar-refractivity contribution in [3.8, 4) is 0 Å². The van der Waals surface area contributed by atoms with E-state index in [0.717, 1.165) is 23.4 Å². The minimum Gasteiger partial charge on any atom is -0.337 e. The fourth-order valence-corrected chi connectivity index (χ4v) is 2.71. The van der Waals surface area contributed by atoms with Crippen LogP contribution in [0.25, 0.3) is 0 Å². The average Bonchev–Trinajstić information content (AvgIpc) is 2.56. The maximum Gasteiger partial charge on any atom is 0.253 e. The Kier molecular flexibility index (Phi) is 4.29. The lowest BCUT2D eigenvalue weighted by Gasteiger charge is -2.20. The van der Waals surface area contributed by atoms with Gasteiger partial charge in [0.15, 0.2) is 0 Å². The largest absolute Gasteiger partial charge is 0.337 e. The van der Waals surface area contributed by atoms with Crippen LogP contribution in [0, 0.1) is 11.6 Å². The molecule has 0 atom stereocenters. The van der Waals surface area contributed by atoms with Gasteiger partial charge >= 0.3 is 0 Å². The van der Waals surface area contributed by atoms with Crippen LogP contribution in [0.4, 0.5) is 14.5 Å². The number of fused-ring (bicyclic) bond motifs is 1. The summed E-state index contributed by atoms with van der Waals surface area (Å²) >= 11 is 0. The Labute approximate surface area is 138 Å². The molecule has 0 saturated carbocycles. The number of hydrogen-bond donors (Lipinski definition) is 1. The summed E-state index contributed by atoms with van der Waals surface area (Å²) in [5, 5.41) is 2.76. The molecule has 0 spiro atoms. The fraction of sp³-hybridized carbons (Fsp3) is 0.222. The summed E-state index contributed by atoms with van der Waals surface area (Å²) in [7, 11) is 1.56. The van der Waals surface area contributed by atoms with Crippen molar-refractivity contribution >= 4 is 17.5 Å². The predicted molar refractivity (Wildman–Crippen MR) is 85.5 cm³/mol. The second-order valence-electron chi connectivity index (χ2n) is 5.82. The lowest BCUT2D eigenvalue weighted by molar-refractivity contribution is -0.116. The first-order valence-electron chi connectivity index (χ1n) is 7.56. The van der Waals surface area contributed by atoms with Gasteiger partial charge in [0.2, 0.25) is 5.91 Å². The zero-order chi connectivity index (χ0) is 17.3. The summed E-state index contributed by atoms with van der Waals surface area (Å²) in [5.74, 6) is -1.63. The van der Waals surface area contributed by atoms with Crippen molar-refractivity contribution in [2.75, 3.05) is 12.4 Å². The highest BCUT2D eigenvalue weighted by Gasteiger charge is 2.19. The van der Waals surface area contributed by atoms with Crippen LogP contribution in [-0.4, -0.2) is 23.8 Å². The highest BCUT2D eigenvalue weighted by molar-refractivity contribution is 5.97. The predicted octanol–water partition coefficient (Wildman–Crippen LogP) is 3.12. The van der Waals surface area contributed by atoms with E-state index in [1.807, 2.05) is 0 Å². The molecule has 124 valence electrons. The highest BCUT2D eigenvalue weighted by Crippen LogP contribution is 2.24. The summed E-state index contributed by atoms with van der Waals surface area (Å²) in [6.45, 7) is 0.0404. The zero-order valence-electron chi connectivity index (χ0n) is 13.1. The smallest absolute Gasteiger partial charge is 0.253 e. The highest BCUT2D eigenvalue weighted by atomic mass is 19.1. The van der Waals surface area contributed by atoms with Crippen LogP contribution in [0.1, 0.15) is 27.9 Å². The summed E-state index contributed by atoms with van der Waals surface area (Å²) in [6, 6.07) is 8.37. The van der Waals surface area contributed by atoms with Crippen LogP contribution in [-0.2, 0) is 17.8 Å². The van der Waals surface area contributed by atoms with Crippen molar-refractivity contribution in [2.24, 2.45) is 0 Å². The number of halogens is 2. The first-order chi connectivity index (χ1) is 11.4. The topological polar surface area (TPSA) is 49.4 Å². The van der Waals surface area contributed by atoms with Crippen molar-refractivity contribution in [2.45, 2.75) is 19.4 Å². The number of amides is 2. The van der Waals surface area contributed by atoms with Gasteiger partial charge in [0.1, 0.15) is 11.6 Å². The van der Waals surface area contributed by atoms with E-state index in [4.69, 9.17) is 0 Å². The van der Waals surface area contributed by atoms with Gasteiger partial charge in [-0.2, -0.15) is 0 Å². The second-order valence-corrected chi connectivity index (χ2v) is 5.82. The molecule has 0 aliphatic carbocycles. The quantitative estimate of drug-likeness (QED) is 0.940. The summed E-state index contributed by atoms with van der Waals surface area (Å²) in [6.07, 6.45) is 0.972. The first kappa shape index (κ1) is 16.1.